The second kappa shape index (κ2) is 4.37. The molecule has 0 fully saturated rings. The average molecular weight is 239 g/mol. The van der Waals surface area contributed by atoms with E-state index in [1.165, 1.54) is 0 Å². The Hall–Kier alpha value is -2.56. The summed E-state index contributed by atoms with van der Waals surface area (Å²) in [5.74, 6) is 0.778. The zero-order chi connectivity index (χ0) is 12.4. The Morgan fingerprint density at radius 1 is 1.22 bits per heavy atom. The molecule has 0 radical (unpaired) electrons. The van der Waals surface area contributed by atoms with E-state index in [0.717, 1.165) is 23.0 Å². The van der Waals surface area contributed by atoms with Crippen molar-refractivity contribution in [2.24, 2.45) is 0 Å². The van der Waals surface area contributed by atoms with Crippen LogP contribution in [0.5, 0.6) is 0 Å². The van der Waals surface area contributed by atoms with Gasteiger partial charge in [-0.2, -0.15) is 5.10 Å². The molecule has 0 unspecified atom stereocenters. The van der Waals surface area contributed by atoms with Crippen LogP contribution in [0.2, 0.25) is 0 Å². The number of anilines is 2. The second-order valence-electron chi connectivity index (χ2n) is 4.02. The van der Waals surface area contributed by atoms with Crippen molar-refractivity contribution in [2.45, 2.75) is 6.92 Å². The molecule has 0 saturated heterocycles. The number of hydrogen-bond acceptors (Lipinski definition) is 3. The van der Waals surface area contributed by atoms with Gasteiger partial charge in [-0.25, -0.2) is 4.98 Å². The van der Waals surface area contributed by atoms with Crippen LogP contribution in [0.4, 0.5) is 11.6 Å². The summed E-state index contributed by atoms with van der Waals surface area (Å²) in [7, 11) is 0. The van der Waals surface area contributed by atoms with Crippen molar-refractivity contribution >= 4 is 11.6 Å². The molecule has 0 aliphatic heterocycles. The van der Waals surface area contributed by atoms with Crippen LogP contribution in [0.25, 0.3) is 5.69 Å². The molecule has 18 heavy (non-hydrogen) atoms. The Bertz CT molecular complexity index is 625. The molecule has 0 spiro atoms. The van der Waals surface area contributed by atoms with Gasteiger partial charge >= 0.3 is 0 Å². The molecule has 0 bridgehead atoms. The molecule has 5 nitrogen and oxygen atoms in total. The minimum Gasteiger partial charge on any atom is -0.323 e. The molecule has 0 atom stereocenters. The van der Waals surface area contributed by atoms with E-state index in [1.807, 2.05) is 48.0 Å². The number of nitrogens with one attached hydrogen (secondary N) is 2. The molecule has 2 heterocycles. The van der Waals surface area contributed by atoms with Crippen LogP contribution in [-0.4, -0.2) is 19.7 Å². The maximum Gasteiger partial charge on any atom is 0.212 e. The number of aromatic amines is 1. The molecule has 5 heteroatoms. The Morgan fingerprint density at radius 3 is 2.78 bits per heavy atom. The summed E-state index contributed by atoms with van der Waals surface area (Å²) in [5.41, 5.74) is 2.92. The average Bonchev–Trinajstić information content (AvgIpc) is 3.01. The standard InChI is InChI=1S/C13H13N5/c1-10-9-18(12-5-3-2-4-6-12)13(16-10)17-11-7-14-15-8-11/h2-9H,1H3,(H,14,15)(H,16,17). The first kappa shape index (κ1) is 10.6. The minimum absolute atomic E-state index is 0.778. The lowest BCUT2D eigenvalue weighted by molar-refractivity contribution is 1.06. The number of aryl methyl sites for hydroxylation is 1. The first-order chi connectivity index (χ1) is 8.83. The molecule has 0 aliphatic rings. The van der Waals surface area contributed by atoms with Gasteiger partial charge in [-0.05, 0) is 19.1 Å². The summed E-state index contributed by atoms with van der Waals surface area (Å²) in [6, 6.07) is 10.1. The maximum absolute atomic E-state index is 4.47. The fourth-order valence-corrected chi connectivity index (χ4v) is 1.82. The summed E-state index contributed by atoms with van der Waals surface area (Å²) >= 11 is 0. The van der Waals surface area contributed by atoms with Crippen LogP contribution in [0, 0.1) is 6.92 Å². The Kier molecular flexibility index (Phi) is 2.57. The first-order valence-corrected chi connectivity index (χ1v) is 5.70. The van der Waals surface area contributed by atoms with Crippen molar-refractivity contribution < 1.29 is 0 Å². The van der Waals surface area contributed by atoms with Gasteiger partial charge < -0.3 is 5.32 Å². The molecule has 0 amide bonds. The van der Waals surface area contributed by atoms with Crippen LogP contribution in [-0.2, 0) is 0 Å². The Balaban J connectivity index is 2.00. The van der Waals surface area contributed by atoms with Gasteiger partial charge in [0.15, 0.2) is 0 Å². The zero-order valence-corrected chi connectivity index (χ0v) is 9.96. The smallest absolute Gasteiger partial charge is 0.212 e. The lowest BCUT2D eigenvalue weighted by Gasteiger charge is -2.07. The Labute approximate surface area is 104 Å². The van der Waals surface area contributed by atoms with Crippen LogP contribution < -0.4 is 5.32 Å². The molecule has 0 saturated carbocycles. The zero-order valence-electron chi connectivity index (χ0n) is 9.96. The number of nitrogens with zero attached hydrogens (tertiary/aromatic N) is 3. The molecule has 3 rings (SSSR count). The van der Waals surface area contributed by atoms with Gasteiger partial charge in [0.1, 0.15) is 0 Å². The third kappa shape index (κ3) is 1.98. The maximum atomic E-state index is 4.47. The van der Waals surface area contributed by atoms with Crippen LogP contribution in [0.15, 0.2) is 48.9 Å². The molecular formula is C13H13N5. The number of hydrogen-bond donors (Lipinski definition) is 2. The van der Waals surface area contributed by atoms with E-state index in [1.54, 1.807) is 12.4 Å². The van der Waals surface area contributed by atoms with Gasteiger partial charge in [0, 0.05) is 18.1 Å². The van der Waals surface area contributed by atoms with E-state index < -0.39 is 0 Å². The van der Waals surface area contributed by atoms with E-state index in [9.17, 15) is 0 Å². The highest BCUT2D eigenvalue weighted by Crippen LogP contribution is 2.19. The first-order valence-electron chi connectivity index (χ1n) is 5.70. The lowest BCUT2D eigenvalue weighted by Crippen LogP contribution is -2.00. The van der Waals surface area contributed by atoms with Crippen molar-refractivity contribution in [1.82, 2.24) is 19.7 Å². The highest BCUT2D eigenvalue weighted by molar-refractivity contribution is 5.54. The summed E-state index contributed by atoms with van der Waals surface area (Å²) in [6.07, 6.45) is 5.51. The highest BCUT2D eigenvalue weighted by Gasteiger charge is 2.07. The normalized spacial score (nSPS) is 10.5. The van der Waals surface area contributed by atoms with E-state index in [0.29, 0.717) is 0 Å². The molecular weight excluding hydrogens is 226 g/mol. The molecule has 0 aliphatic carbocycles. The van der Waals surface area contributed by atoms with Crippen molar-refractivity contribution in [3.8, 4) is 5.69 Å². The van der Waals surface area contributed by atoms with Gasteiger partial charge in [-0.3, -0.25) is 9.67 Å². The van der Waals surface area contributed by atoms with Gasteiger partial charge in [-0.1, -0.05) is 18.2 Å². The minimum atomic E-state index is 0.778. The second-order valence-corrected chi connectivity index (χ2v) is 4.02. The molecule has 1 aromatic carbocycles. The van der Waals surface area contributed by atoms with Crippen LogP contribution in [0.3, 0.4) is 0 Å². The number of para-hydroxylation sites is 1. The fraction of sp³-hybridized carbons (Fsp3) is 0.0769. The predicted molar refractivity (Wildman–Crippen MR) is 70.2 cm³/mol. The van der Waals surface area contributed by atoms with Crippen molar-refractivity contribution in [1.29, 1.82) is 0 Å². The van der Waals surface area contributed by atoms with Crippen LogP contribution in [0.1, 0.15) is 5.69 Å². The van der Waals surface area contributed by atoms with Crippen molar-refractivity contribution in [3.63, 3.8) is 0 Å². The van der Waals surface area contributed by atoms with Crippen molar-refractivity contribution in [2.75, 3.05) is 5.32 Å². The summed E-state index contributed by atoms with van der Waals surface area (Å²) in [5, 5.41) is 9.90. The monoisotopic (exact) mass is 239 g/mol. The molecule has 3 aromatic rings. The SMILES string of the molecule is Cc1cn(-c2ccccc2)c(Nc2cn[nH]c2)n1. The number of benzene rings is 1. The largest absolute Gasteiger partial charge is 0.323 e. The number of rotatable bonds is 3. The molecule has 2 aromatic heterocycles. The highest BCUT2D eigenvalue weighted by atomic mass is 15.2. The number of H-pyrrole nitrogens is 1. The third-order valence-corrected chi connectivity index (χ3v) is 2.62. The molecule has 2 N–H and O–H groups in total. The Morgan fingerprint density at radius 2 is 2.06 bits per heavy atom. The van der Waals surface area contributed by atoms with E-state index >= 15 is 0 Å². The van der Waals surface area contributed by atoms with Gasteiger partial charge in [0.25, 0.3) is 0 Å². The van der Waals surface area contributed by atoms with Gasteiger partial charge in [0.05, 0.1) is 17.6 Å². The fourth-order valence-electron chi connectivity index (χ4n) is 1.82. The van der Waals surface area contributed by atoms with E-state index in [-0.39, 0.29) is 0 Å². The number of imidazole rings is 1. The summed E-state index contributed by atoms with van der Waals surface area (Å²) in [4.78, 5) is 4.47. The molecule has 90 valence electrons. The quantitative estimate of drug-likeness (QED) is 0.738. The van der Waals surface area contributed by atoms with Gasteiger partial charge in [-0.15, -0.1) is 0 Å². The lowest BCUT2D eigenvalue weighted by atomic mass is 10.3. The number of aromatic nitrogens is 4. The summed E-state index contributed by atoms with van der Waals surface area (Å²) in [6.45, 7) is 1.97. The van der Waals surface area contributed by atoms with Crippen molar-refractivity contribution in [3.05, 3.63) is 54.6 Å². The predicted octanol–water partition coefficient (Wildman–Crippen LogP) is 2.65. The van der Waals surface area contributed by atoms with Crippen LogP contribution >= 0.6 is 0 Å². The summed E-state index contributed by atoms with van der Waals surface area (Å²) < 4.78 is 2.02. The third-order valence-electron chi connectivity index (χ3n) is 2.62. The topological polar surface area (TPSA) is 58.5 Å². The van der Waals surface area contributed by atoms with Gasteiger partial charge in [0.2, 0.25) is 5.95 Å². The van der Waals surface area contributed by atoms with E-state index in [2.05, 4.69) is 20.5 Å². The van der Waals surface area contributed by atoms with E-state index in [4.69, 9.17) is 0 Å².